The lowest BCUT2D eigenvalue weighted by Crippen LogP contribution is -2.41. The summed E-state index contributed by atoms with van der Waals surface area (Å²) in [4.78, 5) is 30.5. The van der Waals surface area contributed by atoms with Gasteiger partial charge in [0.1, 0.15) is 11.4 Å². The summed E-state index contributed by atoms with van der Waals surface area (Å²) in [5, 5.41) is 6.56. The molecule has 0 spiro atoms. The van der Waals surface area contributed by atoms with Crippen LogP contribution in [0.15, 0.2) is 12.1 Å². The molecule has 0 aliphatic carbocycles. The third kappa shape index (κ3) is 9.55. The van der Waals surface area contributed by atoms with Crippen LogP contribution in [0.5, 0.6) is 0 Å². The Balaban J connectivity index is 1.82. The second-order valence-corrected chi connectivity index (χ2v) is 8.72. The van der Waals surface area contributed by atoms with Gasteiger partial charge in [0.25, 0.3) is 0 Å². The second kappa shape index (κ2) is 12.5. The van der Waals surface area contributed by atoms with E-state index in [1.165, 1.54) is 5.56 Å². The van der Waals surface area contributed by atoms with Gasteiger partial charge in [-0.25, -0.2) is 9.78 Å². The molecular formula is C23H38N4O4. The molecule has 0 atom stereocenters. The molecule has 174 valence electrons. The summed E-state index contributed by atoms with van der Waals surface area (Å²) >= 11 is 0. The average molecular weight is 435 g/mol. The number of carbonyl (C=O) groups is 2. The lowest BCUT2D eigenvalue weighted by molar-refractivity contribution is -0.142. The highest BCUT2D eigenvalue weighted by atomic mass is 16.6. The zero-order chi connectivity index (χ0) is 22.7. The van der Waals surface area contributed by atoms with E-state index in [1.54, 1.807) is 11.8 Å². The number of esters is 1. The van der Waals surface area contributed by atoms with Crippen LogP contribution in [0.4, 0.5) is 10.6 Å². The van der Waals surface area contributed by atoms with Crippen molar-refractivity contribution in [3.63, 3.8) is 0 Å². The zero-order valence-electron chi connectivity index (χ0n) is 19.5. The molecule has 0 radical (unpaired) electrons. The van der Waals surface area contributed by atoms with Crippen LogP contribution >= 0.6 is 0 Å². The van der Waals surface area contributed by atoms with Gasteiger partial charge >= 0.3 is 12.1 Å². The predicted octanol–water partition coefficient (Wildman–Crippen LogP) is 3.15. The molecule has 1 aliphatic rings. The Morgan fingerprint density at radius 1 is 1.23 bits per heavy atom. The van der Waals surface area contributed by atoms with E-state index in [0.29, 0.717) is 39.2 Å². The number of aromatic nitrogens is 1. The van der Waals surface area contributed by atoms with Crippen LogP contribution < -0.4 is 10.6 Å². The van der Waals surface area contributed by atoms with E-state index in [0.717, 1.165) is 43.7 Å². The summed E-state index contributed by atoms with van der Waals surface area (Å²) in [6.07, 6.45) is 3.81. The Morgan fingerprint density at radius 3 is 2.77 bits per heavy atom. The normalized spacial score (nSPS) is 13.2. The van der Waals surface area contributed by atoms with E-state index in [4.69, 9.17) is 14.5 Å². The summed E-state index contributed by atoms with van der Waals surface area (Å²) in [6, 6.07) is 4.24. The molecule has 0 unspecified atom stereocenters. The molecule has 2 heterocycles. The van der Waals surface area contributed by atoms with Crippen molar-refractivity contribution in [2.75, 3.05) is 44.6 Å². The first-order chi connectivity index (χ1) is 14.8. The zero-order valence-corrected chi connectivity index (χ0v) is 19.5. The van der Waals surface area contributed by atoms with Crippen LogP contribution in [-0.2, 0) is 27.1 Å². The predicted molar refractivity (Wildman–Crippen MR) is 121 cm³/mol. The van der Waals surface area contributed by atoms with Crippen LogP contribution in [0.25, 0.3) is 0 Å². The first-order valence-electron chi connectivity index (χ1n) is 11.4. The average Bonchev–Trinajstić information content (AvgIpc) is 2.71. The van der Waals surface area contributed by atoms with Gasteiger partial charge in [-0.3, -0.25) is 4.79 Å². The monoisotopic (exact) mass is 434 g/mol. The van der Waals surface area contributed by atoms with Crippen molar-refractivity contribution >= 4 is 17.9 Å². The SMILES string of the molecule is CCOC(=O)CCNCCN(CCCc1ccc2c(n1)NCCC2)C(=O)OC(C)(C)C. The number of pyridine rings is 1. The molecule has 1 aliphatic heterocycles. The van der Waals surface area contributed by atoms with Crippen LogP contribution in [-0.4, -0.2) is 66.9 Å². The fraction of sp³-hybridized carbons (Fsp3) is 0.696. The molecule has 0 saturated heterocycles. The van der Waals surface area contributed by atoms with E-state index in [1.807, 2.05) is 20.8 Å². The number of amides is 1. The highest BCUT2D eigenvalue weighted by Crippen LogP contribution is 2.20. The van der Waals surface area contributed by atoms with Gasteiger partial charge in [-0.2, -0.15) is 0 Å². The molecule has 0 saturated carbocycles. The molecule has 0 aromatic carbocycles. The Kier molecular flexibility index (Phi) is 10.0. The Bertz CT molecular complexity index is 718. The van der Waals surface area contributed by atoms with Crippen molar-refractivity contribution in [3.05, 3.63) is 23.4 Å². The van der Waals surface area contributed by atoms with Crippen molar-refractivity contribution < 1.29 is 19.1 Å². The molecule has 2 N–H and O–H groups in total. The van der Waals surface area contributed by atoms with Gasteiger partial charge in [-0.15, -0.1) is 0 Å². The first kappa shape index (κ1) is 24.9. The fourth-order valence-electron chi connectivity index (χ4n) is 3.34. The van der Waals surface area contributed by atoms with E-state index in [-0.39, 0.29) is 12.1 Å². The van der Waals surface area contributed by atoms with E-state index in [9.17, 15) is 9.59 Å². The smallest absolute Gasteiger partial charge is 0.410 e. The molecule has 1 aromatic rings. The number of nitrogens with one attached hydrogen (secondary N) is 2. The van der Waals surface area contributed by atoms with Gasteiger partial charge in [0.15, 0.2) is 0 Å². The number of hydrogen-bond donors (Lipinski definition) is 2. The Hall–Kier alpha value is -2.35. The number of aryl methyl sites for hydroxylation is 2. The van der Waals surface area contributed by atoms with Crippen LogP contribution in [0.1, 0.15) is 58.2 Å². The van der Waals surface area contributed by atoms with Gasteiger partial charge in [-0.1, -0.05) is 6.07 Å². The minimum Gasteiger partial charge on any atom is -0.466 e. The molecule has 1 aromatic heterocycles. The largest absolute Gasteiger partial charge is 0.466 e. The molecule has 2 rings (SSSR count). The maximum Gasteiger partial charge on any atom is 0.410 e. The van der Waals surface area contributed by atoms with Crippen molar-refractivity contribution in [1.82, 2.24) is 15.2 Å². The minimum absolute atomic E-state index is 0.217. The third-order valence-electron chi connectivity index (χ3n) is 4.83. The molecule has 31 heavy (non-hydrogen) atoms. The summed E-state index contributed by atoms with van der Waals surface area (Å²) < 4.78 is 10.5. The Labute approximate surface area is 186 Å². The van der Waals surface area contributed by atoms with Gasteiger partial charge in [0, 0.05) is 38.4 Å². The molecule has 0 bridgehead atoms. The van der Waals surface area contributed by atoms with Crippen molar-refractivity contribution in [2.24, 2.45) is 0 Å². The molecule has 1 amide bonds. The van der Waals surface area contributed by atoms with Crippen LogP contribution in [0.3, 0.4) is 0 Å². The number of ether oxygens (including phenoxy) is 2. The highest BCUT2D eigenvalue weighted by molar-refractivity contribution is 5.69. The molecule has 8 nitrogen and oxygen atoms in total. The highest BCUT2D eigenvalue weighted by Gasteiger charge is 2.22. The van der Waals surface area contributed by atoms with Crippen molar-refractivity contribution in [1.29, 1.82) is 0 Å². The molecule has 8 heteroatoms. The molecule has 0 fully saturated rings. The first-order valence-corrected chi connectivity index (χ1v) is 11.4. The number of carbonyl (C=O) groups excluding carboxylic acids is 2. The number of nitrogens with zero attached hydrogens (tertiary/aromatic N) is 2. The van der Waals surface area contributed by atoms with Crippen molar-refractivity contribution in [3.8, 4) is 0 Å². The van der Waals surface area contributed by atoms with Gasteiger partial charge < -0.3 is 25.0 Å². The topological polar surface area (TPSA) is 92.8 Å². The summed E-state index contributed by atoms with van der Waals surface area (Å²) in [6.45, 7) is 10.9. The van der Waals surface area contributed by atoms with Gasteiger partial charge in [0.2, 0.25) is 0 Å². The standard InChI is InChI=1S/C23H38N4O4/c1-5-30-20(28)12-14-24-15-17-27(22(29)31-23(2,3)4)16-7-9-19-11-10-18-8-6-13-25-21(18)26-19/h10-11,24H,5-9,12-17H2,1-4H3,(H,25,26). The third-order valence-corrected chi connectivity index (χ3v) is 4.83. The summed E-state index contributed by atoms with van der Waals surface area (Å²) in [5.41, 5.74) is 1.77. The van der Waals surface area contributed by atoms with Gasteiger partial charge in [0.05, 0.1) is 13.0 Å². The fourth-order valence-corrected chi connectivity index (χ4v) is 3.34. The van der Waals surface area contributed by atoms with Gasteiger partial charge in [-0.05, 0) is 65.0 Å². The molecular weight excluding hydrogens is 396 g/mol. The summed E-state index contributed by atoms with van der Waals surface area (Å²) in [7, 11) is 0. The lowest BCUT2D eigenvalue weighted by Gasteiger charge is -2.27. The maximum absolute atomic E-state index is 12.6. The second-order valence-electron chi connectivity index (χ2n) is 8.72. The van der Waals surface area contributed by atoms with Crippen LogP contribution in [0.2, 0.25) is 0 Å². The Morgan fingerprint density at radius 2 is 2.03 bits per heavy atom. The number of hydrogen-bond acceptors (Lipinski definition) is 7. The number of fused-ring (bicyclic) bond motifs is 1. The summed E-state index contributed by atoms with van der Waals surface area (Å²) in [5.74, 6) is 0.782. The maximum atomic E-state index is 12.6. The van der Waals surface area contributed by atoms with Crippen molar-refractivity contribution in [2.45, 2.75) is 65.4 Å². The minimum atomic E-state index is -0.543. The van der Waals surface area contributed by atoms with E-state index in [2.05, 4.69) is 22.8 Å². The quantitative estimate of drug-likeness (QED) is 0.408. The number of anilines is 1. The van der Waals surface area contributed by atoms with Crippen LogP contribution in [0, 0.1) is 0 Å². The van der Waals surface area contributed by atoms with E-state index >= 15 is 0 Å². The number of rotatable bonds is 11. The lowest BCUT2D eigenvalue weighted by atomic mass is 10.1. The van der Waals surface area contributed by atoms with E-state index < -0.39 is 5.60 Å².